The van der Waals surface area contributed by atoms with Crippen LogP contribution >= 0.6 is 11.3 Å². The van der Waals surface area contributed by atoms with Crippen molar-refractivity contribution in [3.8, 4) is 0 Å². The third-order valence-corrected chi connectivity index (χ3v) is 4.79. The molecule has 1 aromatic heterocycles. The van der Waals surface area contributed by atoms with Crippen LogP contribution in [-0.2, 0) is 16.6 Å². The summed E-state index contributed by atoms with van der Waals surface area (Å²) in [7, 11) is -0.904. The number of benzene rings is 1. The number of thiazole rings is 1. The second kappa shape index (κ2) is 7.51. The van der Waals surface area contributed by atoms with E-state index in [4.69, 9.17) is 0 Å². The van der Waals surface area contributed by atoms with Gasteiger partial charge in [-0.15, -0.1) is 11.3 Å². The van der Waals surface area contributed by atoms with Crippen LogP contribution in [0.15, 0.2) is 29.6 Å². The summed E-state index contributed by atoms with van der Waals surface area (Å²) in [6.45, 7) is 3.82. The van der Waals surface area contributed by atoms with E-state index in [0.717, 1.165) is 16.3 Å². The van der Waals surface area contributed by atoms with E-state index >= 15 is 0 Å². The third-order valence-electron chi connectivity index (χ3n) is 2.91. The Kier molecular flexibility index (Phi) is 5.68. The zero-order chi connectivity index (χ0) is 16.1. The molecule has 0 aliphatic rings. The molecule has 2 rings (SSSR count). The molecule has 5 nitrogen and oxygen atoms in total. The van der Waals surface area contributed by atoms with Crippen LogP contribution in [-0.4, -0.2) is 21.5 Å². The van der Waals surface area contributed by atoms with Gasteiger partial charge in [-0.1, -0.05) is 12.1 Å². The van der Waals surface area contributed by atoms with Gasteiger partial charge >= 0.3 is 6.03 Å². The summed E-state index contributed by atoms with van der Waals surface area (Å²) in [5, 5.41) is 8.48. The highest BCUT2D eigenvalue weighted by Crippen LogP contribution is 2.18. The van der Waals surface area contributed by atoms with Gasteiger partial charge in [-0.25, -0.2) is 9.78 Å². The number of carbonyl (C=O) groups excluding carboxylic acids is 1. The van der Waals surface area contributed by atoms with E-state index in [-0.39, 0.29) is 12.1 Å². The van der Waals surface area contributed by atoms with Gasteiger partial charge in [0.1, 0.15) is 5.01 Å². The molecule has 0 bridgehead atoms. The standard InChI is InChI=1S/C15H19N3O2S2/c1-10-8-21-14(16-10)11(2)17-15(19)18-13-6-4-5-12(7-13)9-22(3)20/h4-8,11H,9H2,1-3H3,(H2,17,18,19)/t11-,22-/m0/s1. The van der Waals surface area contributed by atoms with Gasteiger partial charge in [-0.05, 0) is 31.5 Å². The van der Waals surface area contributed by atoms with Crippen LogP contribution in [0, 0.1) is 6.92 Å². The monoisotopic (exact) mass is 337 g/mol. The first-order chi connectivity index (χ1) is 10.4. The van der Waals surface area contributed by atoms with Gasteiger partial charge in [0, 0.05) is 39.6 Å². The van der Waals surface area contributed by atoms with Crippen LogP contribution < -0.4 is 10.6 Å². The van der Waals surface area contributed by atoms with Crippen LogP contribution in [0.5, 0.6) is 0 Å². The number of nitrogens with zero attached hydrogens (tertiary/aromatic N) is 1. The summed E-state index contributed by atoms with van der Waals surface area (Å²) in [5.74, 6) is 0.478. The van der Waals surface area contributed by atoms with Gasteiger partial charge in [0.2, 0.25) is 0 Å². The quantitative estimate of drug-likeness (QED) is 0.880. The van der Waals surface area contributed by atoms with Crippen molar-refractivity contribution in [2.24, 2.45) is 0 Å². The summed E-state index contributed by atoms with van der Waals surface area (Å²) in [6.07, 6.45) is 1.66. The Bertz CT molecular complexity index is 685. The minimum atomic E-state index is -0.904. The van der Waals surface area contributed by atoms with Gasteiger partial charge in [0.05, 0.1) is 6.04 Å². The molecule has 7 heteroatoms. The predicted molar refractivity (Wildman–Crippen MR) is 91.6 cm³/mol. The molecule has 0 aliphatic carbocycles. The Balaban J connectivity index is 1.95. The van der Waals surface area contributed by atoms with Crippen LogP contribution in [0.2, 0.25) is 0 Å². The number of nitrogens with one attached hydrogen (secondary N) is 2. The number of amides is 2. The number of carbonyl (C=O) groups is 1. The highest BCUT2D eigenvalue weighted by molar-refractivity contribution is 7.83. The molecule has 0 unspecified atom stereocenters. The first-order valence-electron chi connectivity index (χ1n) is 6.82. The van der Waals surface area contributed by atoms with E-state index in [1.165, 1.54) is 11.3 Å². The van der Waals surface area contributed by atoms with Gasteiger partial charge in [-0.2, -0.15) is 0 Å². The van der Waals surface area contributed by atoms with Gasteiger partial charge in [0.25, 0.3) is 0 Å². The lowest BCUT2D eigenvalue weighted by Crippen LogP contribution is -2.31. The minimum Gasteiger partial charge on any atom is -0.329 e. The number of anilines is 1. The number of hydrogen-bond acceptors (Lipinski definition) is 4. The van der Waals surface area contributed by atoms with Gasteiger partial charge < -0.3 is 10.6 Å². The molecular weight excluding hydrogens is 318 g/mol. The molecule has 118 valence electrons. The minimum absolute atomic E-state index is 0.148. The van der Waals surface area contributed by atoms with Crippen molar-refractivity contribution in [1.82, 2.24) is 10.3 Å². The van der Waals surface area contributed by atoms with E-state index in [1.807, 2.05) is 37.4 Å². The molecule has 2 aromatic rings. The van der Waals surface area contributed by atoms with Crippen LogP contribution in [0.3, 0.4) is 0 Å². The SMILES string of the molecule is Cc1csc([C@H](C)NC(=O)Nc2cccc(C[S@](C)=O)c2)n1. The highest BCUT2D eigenvalue weighted by atomic mass is 32.2. The van der Waals surface area contributed by atoms with Crippen molar-refractivity contribution in [3.05, 3.63) is 45.9 Å². The fourth-order valence-corrected chi connectivity index (χ4v) is 3.42. The van der Waals surface area contributed by atoms with E-state index in [0.29, 0.717) is 11.4 Å². The highest BCUT2D eigenvalue weighted by Gasteiger charge is 2.12. The Hall–Kier alpha value is -1.73. The van der Waals surface area contributed by atoms with Gasteiger partial charge in [0.15, 0.2) is 0 Å². The average molecular weight is 337 g/mol. The predicted octanol–water partition coefficient (Wildman–Crippen LogP) is 3.21. The van der Waals surface area contributed by atoms with E-state index in [9.17, 15) is 9.00 Å². The van der Waals surface area contributed by atoms with Crippen molar-refractivity contribution in [2.75, 3.05) is 11.6 Å². The molecule has 1 heterocycles. The molecule has 0 saturated heterocycles. The lowest BCUT2D eigenvalue weighted by atomic mass is 10.2. The van der Waals surface area contributed by atoms with Crippen LogP contribution in [0.4, 0.5) is 10.5 Å². The maximum Gasteiger partial charge on any atom is 0.319 e. The lowest BCUT2D eigenvalue weighted by Gasteiger charge is -2.13. The Morgan fingerprint density at radius 2 is 2.23 bits per heavy atom. The van der Waals surface area contributed by atoms with E-state index < -0.39 is 10.8 Å². The van der Waals surface area contributed by atoms with Crippen molar-refractivity contribution in [2.45, 2.75) is 25.6 Å². The molecular formula is C15H19N3O2S2. The molecule has 22 heavy (non-hydrogen) atoms. The first-order valence-corrected chi connectivity index (χ1v) is 9.43. The smallest absolute Gasteiger partial charge is 0.319 e. The number of hydrogen-bond donors (Lipinski definition) is 2. The van der Waals surface area contributed by atoms with Crippen molar-refractivity contribution >= 4 is 33.9 Å². The molecule has 1 aromatic carbocycles. The first kappa shape index (κ1) is 16.6. The fourth-order valence-electron chi connectivity index (χ4n) is 1.97. The lowest BCUT2D eigenvalue weighted by molar-refractivity contribution is 0.249. The normalized spacial score (nSPS) is 13.4. The Morgan fingerprint density at radius 3 is 2.86 bits per heavy atom. The molecule has 0 fully saturated rings. The molecule has 2 N–H and O–H groups in total. The summed E-state index contributed by atoms with van der Waals surface area (Å²) in [4.78, 5) is 16.4. The maximum atomic E-state index is 12.0. The molecule has 2 amide bonds. The van der Waals surface area contributed by atoms with Crippen molar-refractivity contribution in [3.63, 3.8) is 0 Å². The van der Waals surface area contributed by atoms with E-state index in [2.05, 4.69) is 15.6 Å². The van der Waals surface area contributed by atoms with E-state index in [1.54, 1.807) is 12.3 Å². The van der Waals surface area contributed by atoms with Crippen molar-refractivity contribution < 1.29 is 9.00 Å². The zero-order valence-corrected chi connectivity index (χ0v) is 14.4. The Labute approximate surface area is 136 Å². The summed E-state index contributed by atoms with van der Waals surface area (Å²) >= 11 is 1.53. The number of aromatic nitrogens is 1. The molecule has 0 spiro atoms. The molecule has 0 radical (unpaired) electrons. The fraction of sp³-hybridized carbons (Fsp3) is 0.333. The molecule has 0 saturated carbocycles. The van der Waals surface area contributed by atoms with Crippen LogP contribution in [0.25, 0.3) is 0 Å². The largest absolute Gasteiger partial charge is 0.329 e. The third kappa shape index (κ3) is 4.92. The van der Waals surface area contributed by atoms with Crippen molar-refractivity contribution in [1.29, 1.82) is 0 Å². The average Bonchev–Trinajstić information content (AvgIpc) is 2.85. The maximum absolute atomic E-state index is 12.0. The van der Waals surface area contributed by atoms with Crippen LogP contribution in [0.1, 0.15) is 29.2 Å². The topological polar surface area (TPSA) is 71.1 Å². The number of rotatable bonds is 5. The summed E-state index contributed by atoms with van der Waals surface area (Å²) in [5.41, 5.74) is 2.57. The second-order valence-electron chi connectivity index (χ2n) is 5.07. The van der Waals surface area contributed by atoms with Gasteiger partial charge in [-0.3, -0.25) is 4.21 Å². The number of aryl methyl sites for hydroxylation is 1. The summed E-state index contributed by atoms with van der Waals surface area (Å²) in [6, 6.07) is 6.94. The molecule has 2 atom stereocenters. The molecule has 0 aliphatic heterocycles. The zero-order valence-electron chi connectivity index (χ0n) is 12.8. The Morgan fingerprint density at radius 1 is 1.45 bits per heavy atom. The summed E-state index contributed by atoms with van der Waals surface area (Å²) < 4.78 is 11.3. The number of urea groups is 1. The second-order valence-corrected chi connectivity index (χ2v) is 7.39.